The van der Waals surface area contributed by atoms with Gasteiger partial charge in [-0.15, -0.1) is 0 Å². The summed E-state index contributed by atoms with van der Waals surface area (Å²) in [5, 5.41) is 13.9. The van der Waals surface area contributed by atoms with Crippen LogP contribution in [0.5, 0.6) is 0 Å². The van der Waals surface area contributed by atoms with E-state index < -0.39 is 12.0 Å². The molecule has 0 saturated heterocycles. The lowest BCUT2D eigenvalue weighted by Gasteiger charge is -2.19. The molecule has 0 aliphatic carbocycles. The van der Waals surface area contributed by atoms with E-state index in [1.54, 1.807) is 18.3 Å². The number of methoxy groups -OCH3 is 1. The van der Waals surface area contributed by atoms with Gasteiger partial charge >= 0.3 is 6.09 Å². The lowest BCUT2D eigenvalue weighted by Crippen LogP contribution is -2.42. The van der Waals surface area contributed by atoms with E-state index in [4.69, 9.17) is 0 Å². The number of amides is 2. The molecule has 9 heteroatoms. The van der Waals surface area contributed by atoms with Gasteiger partial charge in [0.15, 0.2) is 5.96 Å². The fourth-order valence-electron chi connectivity index (χ4n) is 2.74. The summed E-state index contributed by atoms with van der Waals surface area (Å²) in [5.41, 5.74) is 1.28. The molecule has 0 radical (unpaired) electrons. The minimum Gasteiger partial charge on any atom is -0.453 e. The molecule has 2 amide bonds. The fraction of sp³-hybridized carbons (Fsp3) is 0.412. The molecule has 0 saturated carbocycles. The summed E-state index contributed by atoms with van der Waals surface area (Å²) in [7, 11) is 1.21. The lowest BCUT2D eigenvalue weighted by atomic mass is 10.1. The van der Waals surface area contributed by atoms with E-state index in [-0.39, 0.29) is 6.04 Å². The highest BCUT2D eigenvalue weighted by Gasteiger charge is 2.15. The fourth-order valence-corrected chi connectivity index (χ4v) is 2.74. The second-order valence-corrected chi connectivity index (χ2v) is 6.05. The van der Waals surface area contributed by atoms with Crippen molar-refractivity contribution in [3.63, 3.8) is 0 Å². The van der Waals surface area contributed by atoms with E-state index in [1.165, 1.54) is 7.11 Å². The van der Waals surface area contributed by atoms with Crippen molar-refractivity contribution in [1.29, 1.82) is 0 Å². The van der Waals surface area contributed by atoms with Crippen LogP contribution in [0, 0.1) is 0 Å². The molecule has 1 aromatic heterocycles. The van der Waals surface area contributed by atoms with Crippen LogP contribution in [0.3, 0.4) is 0 Å². The van der Waals surface area contributed by atoms with Gasteiger partial charge in [0.25, 0.3) is 5.91 Å². The number of aromatic nitrogens is 2. The Bertz CT molecular complexity index is 844. The van der Waals surface area contributed by atoms with Crippen LogP contribution in [0.2, 0.25) is 0 Å². The molecule has 9 nitrogen and oxygen atoms in total. The Morgan fingerprint density at radius 2 is 2.27 bits per heavy atom. The average Bonchev–Trinajstić information content (AvgIpc) is 3.10. The SMILES string of the molecule is COC(=O)NC(=O)c1ccc2c(cnn2C(C)CNC2=NCCCN2)c1. The third-order valence-corrected chi connectivity index (χ3v) is 4.14. The van der Waals surface area contributed by atoms with E-state index in [1.807, 2.05) is 10.7 Å². The summed E-state index contributed by atoms with van der Waals surface area (Å²) in [5.74, 6) is 0.309. The molecule has 3 rings (SSSR count). The largest absolute Gasteiger partial charge is 0.453 e. The first-order valence-corrected chi connectivity index (χ1v) is 8.47. The molecule has 0 bridgehead atoms. The summed E-state index contributed by atoms with van der Waals surface area (Å²) >= 11 is 0. The highest BCUT2D eigenvalue weighted by Crippen LogP contribution is 2.19. The smallest absolute Gasteiger partial charge is 0.413 e. The number of alkyl carbamates (subject to hydrolysis) is 1. The van der Waals surface area contributed by atoms with Gasteiger partial charge < -0.3 is 15.4 Å². The molecule has 26 heavy (non-hydrogen) atoms. The Balaban J connectivity index is 1.71. The number of benzene rings is 1. The van der Waals surface area contributed by atoms with Crippen LogP contribution in [0.15, 0.2) is 29.4 Å². The van der Waals surface area contributed by atoms with Gasteiger partial charge in [-0.3, -0.25) is 19.8 Å². The monoisotopic (exact) mass is 358 g/mol. The maximum atomic E-state index is 12.0. The van der Waals surface area contributed by atoms with E-state index in [9.17, 15) is 9.59 Å². The second kappa shape index (κ2) is 7.85. The van der Waals surface area contributed by atoms with Gasteiger partial charge in [-0.2, -0.15) is 5.10 Å². The van der Waals surface area contributed by atoms with E-state index in [0.717, 1.165) is 36.4 Å². The van der Waals surface area contributed by atoms with Crippen molar-refractivity contribution in [2.24, 2.45) is 4.99 Å². The van der Waals surface area contributed by atoms with E-state index in [0.29, 0.717) is 12.1 Å². The van der Waals surface area contributed by atoms with Crippen molar-refractivity contribution in [2.75, 3.05) is 26.7 Å². The Kier molecular flexibility index (Phi) is 5.35. The van der Waals surface area contributed by atoms with Crippen molar-refractivity contribution in [2.45, 2.75) is 19.4 Å². The van der Waals surface area contributed by atoms with Crippen LogP contribution in [0.4, 0.5) is 4.79 Å². The topological polar surface area (TPSA) is 110 Å². The molecule has 1 aliphatic heterocycles. The number of carbonyl (C=O) groups is 2. The van der Waals surface area contributed by atoms with Gasteiger partial charge in [0, 0.05) is 30.6 Å². The highest BCUT2D eigenvalue weighted by molar-refractivity contribution is 6.04. The summed E-state index contributed by atoms with van der Waals surface area (Å²) in [4.78, 5) is 27.6. The van der Waals surface area contributed by atoms with Gasteiger partial charge in [-0.1, -0.05) is 0 Å². The van der Waals surface area contributed by atoms with Crippen molar-refractivity contribution in [3.05, 3.63) is 30.0 Å². The van der Waals surface area contributed by atoms with Gasteiger partial charge in [0.2, 0.25) is 0 Å². The number of rotatable bonds is 4. The number of nitrogens with one attached hydrogen (secondary N) is 3. The summed E-state index contributed by atoms with van der Waals surface area (Å²) in [6.07, 6.45) is 1.97. The Labute approximate surface area is 150 Å². The van der Waals surface area contributed by atoms with Gasteiger partial charge in [-0.25, -0.2) is 4.79 Å². The predicted molar refractivity (Wildman–Crippen MR) is 97.2 cm³/mol. The van der Waals surface area contributed by atoms with E-state index >= 15 is 0 Å². The molecule has 3 N–H and O–H groups in total. The summed E-state index contributed by atoms with van der Waals surface area (Å²) < 4.78 is 6.33. The second-order valence-electron chi connectivity index (χ2n) is 6.05. The van der Waals surface area contributed by atoms with Gasteiger partial charge in [0.05, 0.1) is 24.9 Å². The zero-order chi connectivity index (χ0) is 18.5. The number of nitrogens with zero attached hydrogens (tertiary/aromatic N) is 3. The van der Waals surface area contributed by atoms with Crippen LogP contribution in [0.25, 0.3) is 10.9 Å². The third-order valence-electron chi connectivity index (χ3n) is 4.14. The van der Waals surface area contributed by atoms with Gasteiger partial charge in [0.1, 0.15) is 0 Å². The number of fused-ring (bicyclic) bond motifs is 1. The predicted octanol–water partition coefficient (Wildman–Crippen LogP) is 1.03. The van der Waals surface area contributed by atoms with Crippen LogP contribution >= 0.6 is 0 Å². The number of carbonyl (C=O) groups excluding carboxylic acids is 2. The van der Waals surface area contributed by atoms with Crippen LogP contribution in [-0.2, 0) is 4.74 Å². The lowest BCUT2D eigenvalue weighted by molar-refractivity contribution is 0.0937. The zero-order valence-corrected chi connectivity index (χ0v) is 14.8. The Morgan fingerprint density at radius 3 is 3.00 bits per heavy atom. The first-order chi connectivity index (χ1) is 12.6. The maximum absolute atomic E-state index is 12.0. The standard InChI is InChI=1S/C17H22N6O3/c1-11(9-20-16-18-6-3-7-19-16)23-14-5-4-12(8-13(14)10-21-23)15(24)22-17(25)26-2/h4-5,8,10-11H,3,6-7,9H2,1-2H3,(H2,18,19,20)(H,22,24,25). The number of ether oxygens (including phenoxy) is 1. The number of imide groups is 1. The molecule has 1 unspecified atom stereocenters. The minimum absolute atomic E-state index is 0.0914. The molecule has 0 fully saturated rings. The van der Waals surface area contributed by atoms with Gasteiger partial charge in [-0.05, 0) is 31.5 Å². The minimum atomic E-state index is -0.787. The molecule has 2 aromatic rings. The molecule has 1 aliphatic rings. The molecular weight excluding hydrogens is 336 g/mol. The summed E-state index contributed by atoms with van der Waals surface area (Å²) in [6.45, 7) is 4.50. The van der Waals surface area contributed by atoms with Crippen molar-refractivity contribution >= 4 is 28.9 Å². The van der Waals surface area contributed by atoms with Crippen LogP contribution < -0.4 is 16.0 Å². The molecule has 0 spiro atoms. The van der Waals surface area contributed by atoms with Crippen LogP contribution in [-0.4, -0.2) is 54.5 Å². The Morgan fingerprint density at radius 1 is 1.42 bits per heavy atom. The molecular formula is C17H22N6O3. The highest BCUT2D eigenvalue weighted by atomic mass is 16.5. The molecule has 2 heterocycles. The van der Waals surface area contributed by atoms with Crippen molar-refractivity contribution in [1.82, 2.24) is 25.7 Å². The number of aliphatic imine (C=N–C) groups is 1. The first kappa shape index (κ1) is 17.7. The summed E-state index contributed by atoms with van der Waals surface area (Å²) in [6, 6.07) is 5.27. The molecule has 1 aromatic carbocycles. The zero-order valence-electron chi connectivity index (χ0n) is 14.8. The normalized spacial score (nSPS) is 14.9. The number of hydrogen-bond acceptors (Lipinski definition) is 7. The number of hydrogen-bond donors (Lipinski definition) is 3. The first-order valence-electron chi connectivity index (χ1n) is 8.47. The Hall–Kier alpha value is -3.10. The molecule has 1 atom stereocenters. The average molecular weight is 358 g/mol. The van der Waals surface area contributed by atoms with Crippen molar-refractivity contribution < 1.29 is 14.3 Å². The van der Waals surface area contributed by atoms with Crippen LogP contribution in [0.1, 0.15) is 29.7 Å². The van der Waals surface area contributed by atoms with Crippen molar-refractivity contribution in [3.8, 4) is 0 Å². The van der Waals surface area contributed by atoms with E-state index in [2.05, 4.69) is 37.7 Å². The third kappa shape index (κ3) is 3.93. The number of guanidine groups is 1. The quantitative estimate of drug-likeness (QED) is 0.753. The molecule has 138 valence electrons. The maximum Gasteiger partial charge on any atom is 0.413 e.